The van der Waals surface area contributed by atoms with E-state index >= 15 is 0 Å². The second kappa shape index (κ2) is 4.53. The zero-order valence-corrected chi connectivity index (χ0v) is 10.9. The van der Waals surface area contributed by atoms with Gasteiger partial charge in [0, 0.05) is 11.1 Å². The third-order valence-corrected chi connectivity index (χ3v) is 4.40. The number of nitrogens with one attached hydrogen (secondary N) is 1. The van der Waals surface area contributed by atoms with Crippen molar-refractivity contribution in [2.75, 3.05) is 11.1 Å². The Balaban J connectivity index is 2.23. The van der Waals surface area contributed by atoms with E-state index in [1.54, 1.807) is 6.08 Å². The minimum atomic E-state index is -2.99. The molecule has 17 heavy (non-hydrogen) atoms. The summed E-state index contributed by atoms with van der Waals surface area (Å²) in [6, 6.07) is 6.03. The van der Waals surface area contributed by atoms with Crippen LogP contribution in [0.5, 0.6) is 0 Å². The quantitative estimate of drug-likeness (QED) is 0.896. The molecule has 2 rings (SSSR count). The Bertz CT molecular complexity index is 547. The summed E-state index contributed by atoms with van der Waals surface area (Å²) in [5, 5.41) is 4.62. The Morgan fingerprint density at radius 3 is 2.76 bits per heavy atom. The Labute approximate surface area is 102 Å². The maximum atomic E-state index is 11.3. The van der Waals surface area contributed by atoms with Crippen molar-refractivity contribution in [2.24, 2.45) is 0 Å². The highest BCUT2D eigenvalue weighted by atomic mass is 32.2. The highest BCUT2D eigenvalue weighted by molar-refractivity contribution is 7.94. The summed E-state index contributed by atoms with van der Waals surface area (Å²) in [5.41, 5.74) is 3.45. The van der Waals surface area contributed by atoms with Gasteiger partial charge >= 0.3 is 0 Å². The molecule has 0 fully saturated rings. The van der Waals surface area contributed by atoms with E-state index in [1.165, 1.54) is 11.0 Å². The van der Waals surface area contributed by atoms with Gasteiger partial charge in [-0.1, -0.05) is 31.2 Å². The van der Waals surface area contributed by atoms with E-state index in [9.17, 15) is 8.42 Å². The van der Waals surface area contributed by atoms with E-state index in [0.717, 1.165) is 17.7 Å². The molecule has 1 aliphatic rings. The maximum absolute atomic E-state index is 11.3. The second-order valence-corrected chi connectivity index (χ2v) is 6.30. The lowest BCUT2D eigenvalue weighted by Crippen LogP contribution is -2.22. The molecule has 1 aromatic rings. The van der Waals surface area contributed by atoms with Crippen LogP contribution in [0.15, 0.2) is 29.7 Å². The van der Waals surface area contributed by atoms with Crippen LogP contribution >= 0.6 is 0 Å². The van der Waals surface area contributed by atoms with Crippen LogP contribution in [0.25, 0.3) is 0 Å². The summed E-state index contributed by atoms with van der Waals surface area (Å²) in [6.07, 6.45) is 2.66. The number of anilines is 1. The van der Waals surface area contributed by atoms with Gasteiger partial charge in [0.05, 0.1) is 11.8 Å². The van der Waals surface area contributed by atoms with Crippen LogP contribution in [-0.4, -0.2) is 20.2 Å². The van der Waals surface area contributed by atoms with Gasteiger partial charge in [0.1, 0.15) is 0 Å². The SMILES string of the molecule is CCc1cccc(C)c1NC1C=CS(=O)(=O)C1. The first-order chi connectivity index (χ1) is 8.02. The Morgan fingerprint density at radius 1 is 1.41 bits per heavy atom. The van der Waals surface area contributed by atoms with Crippen molar-refractivity contribution in [3.8, 4) is 0 Å². The number of hydrogen-bond acceptors (Lipinski definition) is 3. The Hall–Kier alpha value is -1.29. The number of aryl methyl sites for hydroxylation is 2. The minimum absolute atomic E-state index is 0.105. The molecule has 0 saturated heterocycles. The zero-order valence-electron chi connectivity index (χ0n) is 10.1. The molecule has 92 valence electrons. The van der Waals surface area contributed by atoms with E-state index in [0.29, 0.717) is 0 Å². The van der Waals surface area contributed by atoms with Gasteiger partial charge in [0.2, 0.25) is 0 Å². The van der Waals surface area contributed by atoms with E-state index in [4.69, 9.17) is 0 Å². The van der Waals surface area contributed by atoms with Gasteiger partial charge in [-0.05, 0) is 24.5 Å². The first-order valence-electron chi connectivity index (χ1n) is 5.78. The van der Waals surface area contributed by atoms with Gasteiger partial charge in [0.25, 0.3) is 0 Å². The fourth-order valence-corrected chi connectivity index (χ4v) is 3.32. The molecule has 0 amide bonds. The topological polar surface area (TPSA) is 46.2 Å². The molecule has 1 atom stereocenters. The number of sulfone groups is 1. The molecule has 0 spiro atoms. The standard InChI is InChI=1S/C13H17NO2S/c1-3-11-6-4-5-10(2)13(11)14-12-7-8-17(15,16)9-12/h4-8,12,14H,3,9H2,1-2H3. The van der Waals surface area contributed by atoms with Crippen LogP contribution in [0.3, 0.4) is 0 Å². The van der Waals surface area contributed by atoms with E-state index < -0.39 is 9.84 Å². The number of benzene rings is 1. The molecule has 1 heterocycles. The van der Waals surface area contributed by atoms with Gasteiger partial charge in [-0.3, -0.25) is 0 Å². The molecule has 4 heteroatoms. The first-order valence-corrected chi connectivity index (χ1v) is 7.49. The highest BCUT2D eigenvalue weighted by Gasteiger charge is 2.22. The lowest BCUT2D eigenvalue weighted by atomic mass is 10.1. The monoisotopic (exact) mass is 251 g/mol. The molecular formula is C13H17NO2S. The molecule has 1 N–H and O–H groups in total. The van der Waals surface area contributed by atoms with Crippen LogP contribution < -0.4 is 5.32 Å². The van der Waals surface area contributed by atoms with Gasteiger partial charge in [-0.15, -0.1) is 0 Å². The molecule has 0 aromatic heterocycles. The van der Waals surface area contributed by atoms with Gasteiger partial charge in [-0.2, -0.15) is 0 Å². The molecule has 1 unspecified atom stereocenters. The molecule has 0 bridgehead atoms. The predicted molar refractivity (Wildman–Crippen MR) is 70.9 cm³/mol. The van der Waals surface area contributed by atoms with Gasteiger partial charge < -0.3 is 5.32 Å². The van der Waals surface area contributed by atoms with Gasteiger partial charge in [0.15, 0.2) is 9.84 Å². The Kier molecular flexibility index (Phi) is 3.24. The maximum Gasteiger partial charge on any atom is 0.173 e. The molecule has 1 aromatic carbocycles. The van der Waals surface area contributed by atoms with Crippen LogP contribution in [0.4, 0.5) is 5.69 Å². The normalized spacial score (nSPS) is 21.6. The average molecular weight is 251 g/mol. The highest BCUT2D eigenvalue weighted by Crippen LogP contribution is 2.23. The smallest absolute Gasteiger partial charge is 0.173 e. The number of para-hydroxylation sites is 1. The summed E-state index contributed by atoms with van der Waals surface area (Å²) in [7, 11) is -2.99. The fourth-order valence-electron chi connectivity index (χ4n) is 2.08. The first kappa shape index (κ1) is 12.2. The average Bonchev–Trinajstić information content (AvgIpc) is 2.61. The number of hydrogen-bond donors (Lipinski definition) is 1. The van der Waals surface area contributed by atoms with Crippen molar-refractivity contribution in [3.05, 3.63) is 40.8 Å². The van der Waals surface area contributed by atoms with Crippen molar-refractivity contribution < 1.29 is 8.42 Å². The zero-order chi connectivity index (χ0) is 12.5. The Morgan fingerprint density at radius 2 is 2.18 bits per heavy atom. The largest absolute Gasteiger partial charge is 0.377 e. The number of rotatable bonds is 3. The molecule has 0 radical (unpaired) electrons. The minimum Gasteiger partial charge on any atom is -0.377 e. The lowest BCUT2D eigenvalue weighted by molar-refractivity contribution is 0.605. The third kappa shape index (κ3) is 2.69. The van der Waals surface area contributed by atoms with Crippen molar-refractivity contribution in [2.45, 2.75) is 26.3 Å². The third-order valence-electron chi connectivity index (χ3n) is 3.00. The summed E-state index contributed by atoms with van der Waals surface area (Å²) < 4.78 is 22.7. The molecule has 0 aliphatic carbocycles. The molecular weight excluding hydrogens is 234 g/mol. The van der Waals surface area contributed by atoms with Crippen molar-refractivity contribution in [1.82, 2.24) is 0 Å². The van der Waals surface area contributed by atoms with Crippen LogP contribution in [0.2, 0.25) is 0 Å². The summed E-state index contributed by atoms with van der Waals surface area (Å²) >= 11 is 0. The van der Waals surface area contributed by atoms with Crippen LogP contribution in [0, 0.1) is 6.92 Å². The van der Waals surface area contributed by atoms with E-state index in [2.05, 4.69) is 18.3 Å². The molecule has 0 saturated carbocycles. The van der Waals surface area contributed by atoms with Crippen LogP contribution in [0.1, 0.15) is 18.1 Å². The van der Waals surface area contributed by atoms with Crippen molar-refractivity contribution >= 4 is 15.5 Å². The summed E-state index contributed by atoms with van der Waals surface area (Å²) in [4.78, 5) is 0. The second-order valence-electron chi connectivity index (χ2n) is 4.37. The molecule has 1 aliphatic heterocycles. The fraction of sp³-hybridized carbons (Fsp3) is 0.385. The summed E-state index contributed by atoms with van der Waals surface area (Å²) in [5.74, 6) is 0.157. The van der Waals surface area contributed by atoms with Gasteiger partial charge in [-0.25, -0.2) is 8.42 Å². The summed E-state index contributed by atoms with van der Waals surface area (Å²) in [6.45, 7) is 4.13. The van der Waals surface area contributed by atoms with Crippen molar-refractivity contribution in [1.29, 1.82) is 0 Å². The van der Waals surface area contributed by atoms with E-state index in [1.807, 2.05) is 19.1 Å². The predicted octanol–water partition coefficient (Wildman–Crippen LogP) is 2.28. The van der Waals surface area contributed by atoms with Crippen molar-refractivity contribution in [3.63, 3.8) is 0 Å². The lowest BCUT2D eigenvalue weighted by Gasteiger charge is -2.17. The van der Waals surface area contributed by atoms with Crippen LogP contribution in [-0.2, 0) is 16.3 Å². The van der Waals surface area contributed by atoms with E-state index in [-0.39, 0.29) is 11.8 Å². The molecule has 3 nitrogen and oxygen atoms in total.